The van der Waals surface area contributed by atoms with Crippen LogP contribution in [0, 0.1) is 5.92 Å². The molecule has 0 aliphatic carbocycles. The molecule has 2 aromatic rings. The van der Waals surface area contributed by atoms with Crippen molar-refractivity contribution in [3.05, 3.63) is 18.6 Å². The molecular formula is C17H24N6O. The smallest absolute Gasteiger partial charge is 0.225 e. The molecule has 24 heavy (non-hydrogen) atoms. The van der Waals surface area contributed by atoms with Crippen molar-refractivity contribution in [3.63, 3.8) is 0 Å². The summed E-state index contributed by atoms with van der Waals surface area (Å²) in [5.74, 6) is 1.43. The largest absolute Gasteiger partial charge is 0.355 e. The van der Waals surface area contributed by atoms with Crippen LogP contribution in [0.25, 0.3) is 11.0 Å². The number of piperazine rings is 1. The van der Waals surface area contributed by atoms with Gasteiger partial charge in [0.2, 0.25) is 5.91 Å². The second-order valence-corrected chi connectivity index (χ2v) is 6.82. The van der Waals surface area contributed by atoms with E-state index in [9.17, 15) is 4.79 Å². The summed E-state index contributed by atoms with van der Waals surface area (Å²) in [6, 6.07) is 1.94. The Morgan fingerprint density at radius 1 is 1.12 bits per heavy atom. The van der Waals surface area contributed by atoms with Gasteiger partial charge in [-0.05, 0) is 26.0 Å². The fourth-order valence-electron chi connectivity index (χ4n) is 3.71. The van der Waals surface area contributed by atoms with Crippen LogP contribution < -0.4 is 4.90 Å². The van der Waals surface area contributed by atoms with Crippen molar-refractivity contribution in [3.8, 4) is 0 Å². The van der Waals surface area contributed by atoms with Crippen LogP contribution in [-0.2, 0) is 4.79 Å². The lowest BCUT2D eigenvalue weighted by molar-refractivity contribution is -0.137. The Bertz CT molecular complexity index is 713. The van der Waals surface area contributed by atoms with Crippen molar-refractivity contribution in [2.45, 2.75) is 12.8 Å². The quantitative estimate of drug-likeness (QED) is 0.889. The average Bonchev–Trinajstić information content (AvgIpc) is 3.11. The van der Waals surface area contributed by atoms with E-state index in [4.69, 9.17) is 0 Å². The Balaban J connectivity index is 1.40. The van der Waals surface area contributed by atoms with Gasteiger partial charge in [0, 0.05) is 51.4 Å². The lowest BCUT2D eigenvalue weighted by Crippen LogP contribution is -2.50. The molecule has 1 N–H and O–H groups in total. The molecule has 128 valence electrons. The van der Waals surface area contributed by atoms with Gasteiger partial charge in [0.05, 0.1) is 11.8 Å². The van der Waals surface area contributed by atoms with Crippen LogP contribution in [0.5, 0.6) is 0 Å². The van der Waals surface area contributed by atoms with Crippen LogP contribution in [0.4, 0.5) is 5.82 Å². The van der Waals surface area contributed by atoms with E-state index < -0.39 is 0 Å². The first-order valence-electron chi connectivity index (χ1n) is 8.73. The average molecular weight is 328 g/mol. The van der Waals surface area contributed by atoms with Crippen molar-refractivity contribution in [1.29, 1.82) is 0 Å². The molecule has 0 atom stereocenters. The number of amides is 1. The van der Waals surface area contributed by atoms with Gasteiger partial charge in [0.25, 0.3) is 0 Å². The van der Waals surface area contributed by atoms with Crippen molar-refractivity contribution in [1.82, 2.24) is 24.8 Å². The second kappa shape index (κ2) is 6.39. The van der Waals surface area contributed by atoms with E-state index in [-0.39, 0.29) is 5.92 Å². The predicted octanol–water partition coefficient (Wildman–Crippen LogP) is 0.948. The Kier molecular flexibility index (Phi) is 4.10. The highest BCUT2D eigenvalue weighted by atomic mass is 16.2. The third-order valence-corrected chi connectivity index (χ3v) is 5.28. The van der Waals surface area contributed by atoms with Crippen molar-refractivity contribution in [2.24, 2.45) is 5.92 Å². The maximum Gasteiger partial charge on any atom is 0.225 e. The molecule has 2 aromatic heterocycles. The predicted molar refractivity (Wildman–Crippen MR) is 92.9 cm³/mol. The Morgan fingerprint density at radius 3 is 2.62 bits per heavy atom. The number of hydrogen-bond donors (Lipinski definition) is 1. The second-order valence-electron chi connectivity index (χ2n) is 6.82. The van der Waals surface area contributed by atoms with Gasteiger partial charge in [0.15, 0.2) is 5.82 Å². The number of carbonyl (C=O) groups excluding carboxylic acids is 1. The van der Waals surface area contributed by atoms with Gasteiger partial charge >= 0.3 is 0 Å². The van der Waals surface area contributed by atoms with Gasteiger partial charge in [-0.25, -0.2) is 9.97 Å². The van der Waals surface area contributed by atoms with Gasteiger partial charge < -0.3 is 19.7 Å². The molecule has 4 heterocycles. The minimum absolute atomic E-state index is 0.156. The minimum atomic E-state index is 0.156. The fraction of sp³-hybridized carbons (Fsp3) is 0.588. The lowest BCUT2D eigenvalue weighted by Gasteiger charge is -2.37. The summed E-state index contributed by atoms with van der Waals surface area (Å²) >= 11 is 0. The highest BCUT2D eigenvalue weighted by Crippen LogP contribution is 2.27. The first-order chi connectivity index (χ1) is 11.7. The summed E-state index contributed by atoms with van der Waals surface area (Å²) in [4.78, 5) is 31.4. The Labute approximate surface area is 141 Å². The number of fused-ring (bicyclic) bond motifs is 1. The molecule has 0 radical (unpaired) electrons. The van der Waals surface area contributed by atoms with E-state index >= 15 is 0 Å². The van der Waals surface area contributed by atoms with Gasteiger partial charge in [-0.15, -0.1) is 0 Å². The summed E-state index contributed by atoms with van der Waals surface area (Å²) < 4.78 is 0. The number of nitrogens with one attached hydrogen (secondary N) is 1. The number of aromatic nitrogens is 3. The van der Waals surface area contributed by atoms with E-state index in [0.29, 0.717) is 5.91 Å². The zero-order chi connectivity index (χ0) is 16.5. The minimum Gasteiger partial charge on any atom is -0.355 e. The number of H-pyrrole nitrogens is 1. The van der Waals surface area contributed by atoms with Crippen LogP contribution in [0.3, 0.4) is 0 Å². The number of pyridine rings is 1. The molecule has 2 saturated heterocycles. The SMILES string of the molecule is CN1CCN(C(=O)C2CCN(c3nccc4[nH]cnc34)CC2)CC1. The molecule has 0 aromatic carbocycles. The van der Waals surface area contributed by atoms with Crippen molar-refractivity contribution >= 4 is 22.8 Å². The number of likely N-dealkylation sites (N-methyl/N-ethyl adjacent to an activating group) is 1. The number of carbonyl (C=O) groups is 1. The normalized spacial score (nSPS) is 20.7. The first kappa shape index (κ1) is 15.4. The van der Waals surface area contributed by atoms with E-state index in [0.717, 1.165) is 69.0 Å². The monoisotopic (exact) mass is 328 g/mol. The van der Waals surface area contributed by atoms with Crippen LogP contribution >= 0.6 is 0 Å². The maximum atomic E-state index is 12.7. The van der Waals surface area contributed by atoms with Crippen LogP contribution in [0.15, 0.2) is 18.6 Å². The molecule has 0 spiro atoms. The third-order valence-electron chi connectivity index (χ3n) is 5.28. The third kappa shape index (κ3) is 2.84. The molecule has 4 rings (SSSR count). The van der Waals surface area contributed by atoms with Gasteiger partial charge in [-0.1, -0.05) is 0 Å². The Hall–Kier alpha value is -2.15. The zero-order valence-corrected chi connectivity index (χ0v) is 14.1. The molecule has 7 nitrogen and oxygen atoms in total. The van der Waals surface area contributed by atoms with E-state index in [1.54, 1.807) is 6.33 Å². The topological polar surface area (TPSA) is 68.4 Å². The highest BCUT2D eigenvalue weighted by molar-refractivity contribution is 5.86. The number of rotatable bonds is 2. The molecule has 0 bridgehead atoms. The lowest BCUT2D eigenvalue weighted by atomic mass is 9.95. The molecular weight excluding hydrogens is 304 g/mol. The summed E-state index contributed by atoms with van der Waals surface area (Å²) in [5.41, 5.74) is 1.93. The van der Waals surface area contributed by atoms with Gasteiger partial charge in [-0.2, -0.15) is 0 Å². The van der Waals surface area contributed by atoms with Gasteiger partial charge in [0.1, 0.15) is 5.52 Å². The number of hydrogen-bond acceptors (Lipinski definition) is 5. The molecule has 7 heteroatoms. The molecule has 1 amide bonds. The van der Waals surface area contributed by atoms with Crippen LogP contribution in [0.1, 0.15) is 12.8 Å². The molecule has 0 unspecified atom stereocenters. The van der Waals surface area contributed by atoms with E-state index in [1.165, 1.54) is 0 Å². The number of imidazole rings is 1. The maximum absolute atomic E-state index is 12.7. The summed E-state index contributed by atoms with van der Waals surface area (Å²) in [5, 5.41) is 0. The summed E-state index contributed by atoms with van der Waals surface area (Å²) in [6.45, 7) is 5.42. The summed E-state index contributed by atoms with van der Waals surface area (Å²) in [6.07, 6.45) is 5.32. The molecule has 2 aliphatic rings. The molecule has 2 fully saturated rings. The summed E-state index contributed by atoms with van der Waals surface area (Å²) in [7, 11) is 2.11. The Morgan fingerprint density at radius 2 is 1.88 bits per heavy atom. The number of piperidine rings is 1. The number of aromatic amines is 1. The first-order valence-corrected chi connectivity index (χ1v) is 8.73. The van der Waals surface area contributed by atoms with Crippen molar-refractivity contribution < 1.29 is 4.79 Å². The number of nitrogens with zero attached hydrogens (tertiary/aromatic N) is 5. The standard InChI is InChI=1S/C17H24N6O/c1-21-8-10-23(11-9-21)17(24)13-3-6-22(7-4-13)16-15-14(2-5-18-16)19-12-20-15/h2,5,12-13H,3-4,6-11H2,1H3,(H,19,20). The fourth-order valence-corrected chi connectivity index (χ4v) is 3.71. The van der Waals surface area contributed by atoms with Crippen LogP contribution in [0.2, 0.25) is 0 Å². The van der Waals surface area contributed by atoms with Crippen molar-refractivity contribution in [2.75, 3.05) is 51.2 Å². The van der Waals surface area contributed by atoms with E-state index in [1.807, 2.05) is 17.2 Å². The molecule has 2 aliphatic heterocycles. The van der Waals surface area contributed by atoms with E-state index in [2.05, 4.69) is 31.8 Å². The zero-order valence-electron chi connectivity index (χ0n) is 14.1. The van der Waals surface area contributed by atoms with Crippen LogP contribution in [-0.4, -0.2) is 77.0 Å². The highest BCUT2D eigenvalue weighted by Gasteiger charge is 2.30. The van der Waals surface area contributed by atoms with Gasteiger partial charge in [-0.3, -0.25) is 4.79 Å². The number of anilines is 1. The molecule has 0 saturated carbocycles.